The first-order valence-electron chi connectivity index (χ1n) is 9.13. The van der Waals surface area contributed by atoms with Crippen molar-refractivity contribution in [2.75, 3.05) is 31.1 Å². The van der Waals surface area contributed by atoms with Crippen LogP contribution < -0.4 is 15.1 Å². The number of likely N-dealkylation sites (N-methyl/N-ethyl adjacent to an activating group) is 1. The van der Waals surface area contributed by atoms with Gasteiger partial charge in [-0.3, -0.25) is 19.9 Å². The molecule has 4 amide bonds. The molecule has 0 radical (unpaired) electrons. The summed E-state index contributed by atoms with van der Waals surface area (Å²) in [5.41, 5.74) is 1.55. The Morgan fingerprint density at radius 3 is 2.35 bits per heavy atom. The van der Waals surface area contributed by atoms with Crippen molar-refractivity contribution in [1.29, 1.82) is 0 Å². The smallest absolute Gasteiger partial charge is 0.334 e. The van der Waals surface area contributed by atoms with Gasteiger partial charge in [0.25, 0.3) is 5.91 Å². The Balaban J connectivity index is 2.11. The highest BCUT2D eigenvalue weighted by molar-refractivity contribution is 6.32. The number of anilines is 1. The van der Waals surface area contributed by atoms with Crippen LogP contribution in [0.15, 0.2) is 29.3 Å². The van der Waals surface area contributed by atoms with Crippen LogP contribution in [0.1, 0.15) is 26.3 Å². The number of carbonyl (C=O) groups is 3. The van der Waals surface area contributed by atoms with Crippen LogP contribution in [0.2, 0.25) is 0 Å². The second kappa shape index (κ2) is 9.24. The normalized spacial score (nSPS) is 18.1. The lowest BCUT2D eigenvalue weighted by Gasteiger charge is -2.28. The van der Waals surface area contributed by atoms with E-state index in [-0.39, 0.29) is 0 Å². The van der Waals surface area contributed by atoms with Gasteiger partial charge in [0.15, 0.2) is 5.92 Å². The number of barbiturate groups is 1. The van der Waals surface area contributed by atoms with E-state index in [1.54, 1.807) is 12.1 Å². The molecule has 7 heteroatoms. The van der Waals surface area contributed by atoms with Gasteiger partial charge >= 0.3 is 6.03 Å². The van der Waals surface area contributed by atoms with E-state index in [0.717, 1.165) is 36.5 Å². The van der Waals surface area contributed by atoms with E-state index in [2.05, 4.69) is 24.2 Å². The largest absolute Gasteiger partial charge is 0.335 e. The fourth-order valence-corrected chi connectivity index (χ4v) is 2.85. The Morgan fingerprint density at radius 2 is 1.77 bits per heavy atom. The molecule has 1 heterocycles. The van der Waals surface area contributed by atoms with Gasteiger partial charge in [0.05, 0.1) is 31.9 Å². The summed E-state index contributed by atoms with van der Waals surface area (Å²) < 4.78 is 0. The Kier molecular flexibility index (Phi) is 7.03. The predicted molar refractivity (Wildman–Crippen MR) is 101 cm³/mol. The first kappa shape index (κ1) is 19.8. The van der Waals surface area contributed by atoms with Crippen LogP contribution in [-0.2, 0) is 16.0 Å². The molecule has 140 valence electrons. The molecule has 0 unspecified atom stereocenters. The lowest BCUT2D eigenvalue weighted by atomic mass is 10.1. The van der Waals surface area contributed by atoms with Crippen LogP contribution in [0.3, 0.4) is 0 Å². The molecule has 1 fully saturated rings. The molecule has 26 heavy (non-hydrogen) atoms. The van der Waals surface area contributed by atoms with Gasteiger partial charge in [0.1, 0.15) is 0 Å². The van der Waals surface area contributed by atoms with Crippen LogP contribution in [-0.4, -0.2) is 50.2 Å². The number of aryl methyl sites for hydroxylation is 1. The Labute approximate surface area is 154 Å². The minimum atomic E-state index is -1.08. The highest BCUT2D eigenvalue weighted by atomic mass is 16.2. The maximum atomic E-state index is 12.7. The van der Waals surface area contributed by atoms with E-state index < -0.39 is 23.8 Å². The first-order chi connectivity index (χ1) is 12.5. The number of nitrogens with one attached hydrogen (secondary N) is 2. The average Bonchev–Trinajstić information content (AvgIpc) is 2.64. The monoisotopic (exact) mass is 359 g/mol. The maximum absolute atomic E-state index is 12.7. The highest BCUT2D eigenvalue weighted by Gasteiger charge is 2.40. The third kappa shape index (κ3) is 4.54. The van der Waals surface area contributed by atoms with E-state index in [1.165, 1.54) is 11.1 Å². The minimum absolute atomic E-state index is 0.447. The van der Waals surface area contributed by atoms with E-state index in [9.17, 15) is 14.4 Å². The average molecular weight is 359 g/mol. The summed E-state index contributed by atoms with van der Waals surface area (Å²) in [4.78, 5) is 43.5. The molecular weight excluding hydrogens is 332 g/mol. The minimum Gasteiger partial charge on any atom is -0.334 e. The summed E-state index contributed by atoms with van der Waals surface area (Å²) in [5.74, 6) is -2.27. The van der Waals surface area contributed by atoms with Crippen molar-refractivity contribution in [1.82, 2.24) is 5.32 Å². The van der Waals surface area contributed by atoms with Crippen molar-refractivity contribution < 1.29 is 19.3 Å². The molecule has 0 aliphatic carbocycles. The van der Waals surface area contributed by atoms with Crippen molar-refractivity contribution in [2.45, 2.75) is 27.2 Å². The van der Waals surface area contributed by atoms with Crippen molar-refractivity contribution in [2.24, 2.45) is 10.9 Å². The molecule has 1 aliphatic heterocycles. The zero-order valence-corrected chi connectivity index (χ0v) is 15.6. The number of imide groups is 2. The molecule has 1 atom stereocenters. The quantitative estimate of drug-likeness (QED) is 0.522. The molecule has 1 aromatic carbocycles. The number of benzene rings is 1. The Morgan fingerprint density at radius 1 is 1.12 bits per heavy atom. The Hall–Kier alpha value is -2.54. The van der Waals surface area contributed by atoms with E-state index in [0.29, 0.717) is 12.2 Å². The summed E-state index contributed by atoms with van der Waals surface area (Å²) >= 11 is 0. The number of urea groups is 1. The number of rotatable bonds is 8. The first-order valence-corrected chi connectivity index (χ1v) is 9.13. The second-order valence-electron chi connectivity index (χ2n) is 6.23. The Bertz CT molecular complexity index is 681. The summed E-state index contributed by atoms with van der Waals surface area (Å²) in [6.45, 7) is 9.62. The van der Waals surface area contributed by atoms with Gasteiger partial charge in [-0.1, -0.05) is 19.1 Å². The van der Waals surface area contributed by atoms with Gasteiger partial charge in [-0.25, -0.2) is 9.69 Å². The van der Waals surface area contributed by atoms with Crippen LogP contribution in [0.5, 0.6) is 0 Å². The van der Waals surface area contributed by atoms with Crippen LogP contribution in [0.25, 0.3) is 0 Å². The summed E-state index contributed by atoms with van der Waals surface area (Å²) in [5, 5.41) is 2.24. The second-order valence-corrected chi connectivity index (χ2v) is 6.23. The number of aliphatic imine (C=N–C) groups is 1. The molecule has 0 saturated carbocycles. The molecule has 2 rings (SSSR count). The van der Waals surface area contributed by atoms with Gasteiger partial charge in [-0.15, -0.1) is 0 Å². The third-order valence-electron chi connectivity index (χ3n) is 4.65. The molecule has 1 aliphatic rings. The number of nitrogens with zero attached hydrogens (tertiary/aromatic N) is 2. The maximum Gasteiger partial charge on any atom is 0.335 e. The lowest BCUT2D eigenvalue weighted by molar-refractivity contribution is -0.894. The van der Waals surface area contributed by atoms with Crippen molar-refractivity contribution in [3.8, 4) is 0 Å². The number of hydrogen-bond acceptors (Lipinski definition) is 4. The molecule has 0 bridgehead atoms. The van der Waals surface area contributed by atoms with Gasteiger partial charge in [0.2, 0.25) is 5.91 Å². The number of amides is 4. The van der Waals surface area contributed by atoms with Crippen molar-refractivity contribution in [3.63, 3.8) is 0 Å². The number of carbonyl (C=O) groups excluding carboxylic acids is 3. The predicted octanol–water partition coefficient (Wildman–Crippen LogP) is 0.444. The van der Waals surface area contributed by atoms with Crippen LogP contribution >= 0.6 is 0 Å². The highest BCUT2D eigenvalue weighted by Crippen LogP contribution is 2.20. The summed E-state index contributed by atoms with van der Waals surface area (Å²) in [7, 11) is 0. The standard InChI is InChI=1S/C19H26N4O3/c1-4-14-7-9-15(10-8-14)23-18(25)16(17(24)21-19(23)26)13-20-11-12-22(5-2)6-3/h7-10,13,16H,4-6,11-12H2,1-3H3,(H,21,24,26)/p+1/t16-/m1/s1. The molecule has 0 aromatic heterocycles. The third-order valence-corrected chi connectivity index (χ3v) is 4.65. The molecule has 7 nitrogen and oxygen atoms in total. The fourth-order valence-electron chi connectivity index (χ4n) is 2.85. The molecule has 2 N–H and O–H groups in total. The number of hydrogen-bond donors (Lipinski definition) is 2. The summed E-state index contributed by atoms with van der Waals surface area (Å²) in [6.07, 6.45) is 2.23. The molecule has 1 saturated heterocycles. The van der Waals surface area contributed by atoms with Crippen molar-refractivity contribution >= 4 is 29.7 Å². The lowest BCUT2D eigenvalue weighted by Crippen LogP contribution is -3.11. The number of quaternary nitrogens is 1. The zero-order valence-electron chi connectivity index (χ0n) is 15.6. The van der Waals surface area contributed by atoms with Crippen LogP contribution in [0.4, 0.5) is 10.5 Å². The van der Waals surface area contributed by atoms with Gasteiger partial charge < -0.3 is 4.90 Å². The van der Waals surface area contributed by atoms with E-state index in [4.69, 9.17) is 0 Å². The molecule has 0 spiro atoms. The molecule has 1 aromatic rings. The van der Waals surface area contributed by atoms with Gasteiger partial charge in [0, 0.05) is 6.21 Å². The summed E-state index contributed by atoms with van der Waals surface area (Å²) in [6, 6.07) is 6.43. The molecular formula is C19H27N4O3+. The zero-order chi connectivity index (χ0) is 19.1. The SMILES string of the molecule is CCc1ccc(N2C(=O)NC(=O)[C@@H](C=NCC[NH+](CC)CC)C2=O)cc1. The van der Waals surface area contributed by atoms with Gasteiger partial charge in [-0.2, -0.15) is 0 Å². The van der Waals surface area contributed by atoms with Crippen LogP contribution in [0, 0.1) is 5.92 Å². The van der Waals surface area contributed by atoms with E-state index >= 15 is 0 Å². The van der Waals surface area contributed by atoms with Gasteiger partial charge in [-0.05, 0) is 38.0 Å². The topological polar surface area (TPSA) is 83.3 Å². The van der Waals surface area contributed by atoms with Crippen molar-refractivity contribution in [3.05, 3.63) is 29.8 Å². The van der Waals surface area contributed by atoms with E-state index in [1.807, 2.05) is 19.1 Å². The fraction of sp³-hybridized carbons (Fsp3) is 0.474.